The highest BCUT2D eigenvalue weighted by atomic mass is 35.5. The number of nitrogens with two attached hydrogens (primary N) is 1. The fourth-order valence-electron chi connectivity index (χ4n) is 1.69. The fourth-order valence-corrected chi connectivity index (χ4v) is 2.47. The van der Waals surface area contributed by atoms with Crippen molar-refractivity contribution in [3.05, 3.63) is 34.7 Å². The van der Waals surface area contributed by atoms with Crippen molar-refractivity contribution in [2.45, 2.75) is 25.3 Å². The summed E-state index contributed by atoms with van der Waals surface area (Å²) in [6.07, 6.45) is 3.82. The normalized spacial score (nSPS) is 13.9. The number of carbonyl (C=O) groups is 1. The molecule has 7 heteroatoms. The van der Waals surface area contributed by atoms with Crippen LogP contribution in [0.4, 0.5) is 5.13 Å². The van der Waals surface area contributed by atoms with E-state index in [-0.39, 0.29) is 24.9 Å². The second-order valence-electron chi connectivity index (χ2n) is 4.31. The minimum absolute atomic E-state index is 0. The minimum atomic E-state index is -0.213. The molecule has 1 amide bonds. The fraction of sp³-hybridized carbons (Fsp3) is 0.333. The smallest absolute Gasteiger partial charge is 0.260 e. The van der Waals surface area contributed by atoms with Gasteiger partial charge in [0.25, 0.3) is 5.91 Å². The van der Waals surface area contributed by atoms with Crippen LogP contribution in [0.15, 0.2) is 22.1 Å². The molecular weight excluding hydrogens is 286 g/mol. The van der Waals surface area contributed by atoms with Crippen molar-refractivity contribution in [1.29, 1.82) is 0 Å². The maximum Gasteiger partial charge on any atom is 0.260 e. The topological polar surface area (TPSA) is 81.2 Å². The average molecular weight is 300 g/mol. The number of rotatable bonds is 4. The lowest BCUT2D eigenvalue weighted by Gasteiger charge is -1.97. The molecule has 0 saturated heterocycles. The summed E-state index contributed by atoms with van der Waals surface area (Å²) in [7, 11) is 0. The minimum Gasteiger partial charge on any atom is -0.467 e. The Kier molecular flexibility index (Phi) is 4.24. The Hall–Kier alpha value is -1.37. The molecule has 1 aliphatic carbocycles. The zero-order valence-corrected chi connectivity index (χ0v) is 11.7. The highest BCUT2D eigenvalue weighted by Crippen LogP contribution is 2.40. The molecule has 1 saturated carbocycles. The van der Waals surface area contributed by atoms with Gasteiger partial charge in [0.15, 0.2) is 5.13 Å². The number of hydrogen-bond acceptors (Lipinski definition) is 5. The molecule has 5 nitrogen and oxygen atoms in total. The molecule has 19 heavy (non-hydrogen) atoms. The first-order valence-corrected chi connectivity index (χ1v) is 6.68. The van der Waals surface area contributed by atoms with Crippen molar-refractivity contribution in [3.63, 3.8) is 0 Å². The summed E-state index contributed by atoms with van der Waals surface area (Å²) in [4.78, 5) is 16.3. The summed E-state index contributed by atoms with van der Waals surface area (Å²) in [6.45, 7) is 0.288. The number of thiazole rings is 1. The van der Waals surface area contributed by atoms with Crippen molar-refractivity contribution >= 4 is 34.8 Å². The molecule has 1 fully saturated rings. The molecule has 2 heterocycles. The van der Waals surface area contributed by atoms with E-state index in [1.165, 1.54) is 30.4 Å². The number of hydrogen-bond donors (Lipinski definition) is 2. The quantitative estimate of drug-likeness (QED) is 0.909. The van der Waals surface area contributed by atoms with E-state index in [1.807, 2.05) is 5.38 Å². The number of amides is 1. The van der Waals surface area contributed by atoms with Crippen LogP contribution in [-0.2, 0) is 6.54 Å². The number of anilines is 1. The first-order valence-electron chi connectivity index (χ1n) is 5.80. The summed E-state index contributed by atoms with van der Waals surface area (Å²) in [5.41, 5.74) is 6.98. The summed E-state index contributed by atoms with van der Waals surface area (Å²) >= 11 is 1.46. The van der Waals surface area contributed by atoms with Crippen LogP contribution in [0.25, 0.3) is 0 Å². The number of aromatic nitrogens is 1. The molecule has 102 valence electrons. The highest BCUT2D eigenvalue weighted by Gasteiger charge is 2.26. The first kappa shape index (κ1) is 14.0. The second-order valence-corrected chi connectivity index (χ2v) is 5.17. The van der Waals surface area contributed by atoms with E-state index in [9.17, 15) is 4.79 Å². The van der Waals surface area contributed by atoms with E-state index in [4.69, 9.17) is 10.2 Å². The van der Waals surface area contributed by atoms with Crippen LogP contribution >= 0.6 is 23.7 Å². The Labute approximate surface area is 120 Å². The van der Waals surface area contributed by atoms with Crippen LogP contribution < -0.4 is 11.1 Å². The largest absolute Gasteiger partial charge is 0.467 e. The molecule has 0 aromatic carbocycles. The third-order valence-corrected chi connectivity index (χ3v) is 3.63. The number of halogens is 1. The van der Waals surface area contributed by atoms with E-state index in [1.54, 1.807) is 6.07 Å². The molecule has 0 aliphatic heterocycles. The Morgan fingerprint density at radius 1 is 1.58 bits per heavy atom. The van der Waals surface area contributed by atoms with Gasteiger partial charge in [-0.3, -0.25) is 10.1 Å². The van der Waals surface area contributed by atoms with Gasteiger partial charge in [-0.25, -0.2) is 4.98 Å². The van der Waals surface area contributed by atoms with Gasteiger partial charge in [-0.2, -0.15) is 0 Å². The van der Waals surface area contributed by atoms with E-state index < -0.39 is 0 Å². The lowest BCUT2D eigenvalue weighted by Crippen LogP contribution is -2.10. The van der Waals surface area contributed by atoms with Gasteiger partial charge in [-0.05, 0) is 18.9 Å². The van der Waals surface area contributed by atoms with Gasteiger partial charge in [0.2, 0.25) is 0 Å². The molecule has 3 N–H and O–H groups in total. The van der Waals surface area contributed by atoms with Crippen molar-refractivity contribution in [2.75, 3.05) is 5.32 Å². The van der Waals surface area contributed by atoms with Crippen LogP contribution in [0.2, 0.25) is 0 Å². The van der Waals surface area contributed by atoms with Gasteiger partial charge < -0.3 is 10.2 Å². The third-order valence-electron chi connectivity index (χ3n) is 2.86. The van der Waals surface area contributed by atoms with Gasteiger partial charge in [-0.1, -0.05) is 0 Å². The summed E-state index contributed by atoms with van der Waals surface area (Å²) in [6, 6.07) is 1.64. The number of furan rings is 1. The Morgan fingerprint density at radius 3 is 3.00 bits per heavy atom. The third kappa shape index (κ3) is 3.15. The van der Waals surface area contributed by atoms with E-state index in [0.717, 1.165) is 5.69 Å². The molecule has 3 rings (SSSR count). The van der Waals surface area contributed by atoms with Crippen LogP contribution in [0.3, 0.4) is 0 Å². The molecule has 1 aliphatic rings. The highest BCUT2D eigenvalue weighted by molar-refractivity contribution is 7.14. The molecule has 2 aromatic heterocycles. The lowest BCUT2D eigenvalue weighted by atomic mass is 10.3. The maximum absolute atomic E-state index is 11.9. The van der Waals surface area contributed by atoms with E-state index in [0.29, 0.717) is 22.4 Å². The summed E-state index contributed by atoms with van der Waals surface area (Å²) in [5.74, 6) is 0.984. The number of nitrogens with zero attached hydrogens (tertiary/aromatic N) is 1. The molecule has 0 atom stereocenters. The van der Waals surface area contributed by atoms with Crippen LogP contribution in [0.5, 0.6) is 0 Å². The second kappa shape index (κ2) is 5.73. The monoisotopic (exact) mass is 299 g/mol. The van der Waals surface area contributed by atoms with Crippen molar-refractivity contribution in [1.82, 2.24) is 4.98 Å². The van der Waals surface area contributed by atoms with Crippen LogP contribution in [-0.4, -0.2) is 10.9 Å². The van der Waals surface area contributed by atoms with Gasteiger partial charge in [0.05, 0.1) is 17.8 Å². The Balaban J connectivity index is 0.00000133. The molecule has 0 unspecified atom stereocenters. The molecular formula is C12H14ClN3O2S. The van der Waals surface area contributed by atoms with Crippen molar-refractivity contribution in [3.8, 4) is 0 Å². The van der Waals surface area contributed by atoms with E-state index >= 15 is 0 Å². The Bertz CT molecular complexity index is 577. The van der Waals surface area contributed by atoms with Crippen LogP contribution in [0.1, 0.15) is 40.6 Å². The average Bonchev–Trinajstić information content (AvgIpc) is 2.93. The van der Waals surface area contributed by atoms with Gasteiger partial charge in [0.1, 0.15) is 12.0 Å². The molecule has 2 aromatic rings. The Morgan fingerprint density at radius 2 is 2.37 bits per heavy atom. The van der Waals surface area contributed by atoms with Crippen LogP contribution in [0, 0.1) is 0 Å². The first-order chi connectivity index (χ1) is 8.76. The number of carbonyl (C=O) groups excluding carboxylic acids is 1. The maximum atomic E-state index is 11.9. The van der Waals surface area contributed by atoms with Gasteiger partial charge in [0, 0.05) is 11.3 Å². The van der Waals surface area contributed by atoms with E-state index in [2.05, 4.69) is 10.3 Å². The predicted molar refractivity (Wildman–Crippen MR) is 75.9 cm³/mol. The van der Waals surface area contributed by atoms with Gasteiger partial charge in [-0.15, -0.1) is 23.7 Å². The predicted octanol–water partition coefficient (Wildman–Crippen LogP) is 2.75. The zero-order valence-electron chi connectivity index (χ0n) is 10.1. The van der Waals surface area contributed by atoms with Crippen molar-refractivity contribution in [2.24, 2.45) is 5.73 Å². The lowest BCUT2D eigenvalue weighted by molar-refractivity contribution is 0.102. The molecule has 0 bridgehead atoms. The zero-order chi connectivity index (χ0) is 12.5. The summed E-state index contributed by atoms with van der Waals surface area (Å²) in [5, 5.41) is 5.41. The molecule has 0 spiro atoms. The standard InChI is InChI=1S/C12H13N3O2S.ClH/c13-4-9-3-8(5-17-9)11(16)15-12-14-10(6-18-12)7-1-2-7;/h3,5-7H,1-2,4,13H2,(H,14,15,16);1H. The number of nitrogens with one attached hydrogen (secondary N) is 1. The SMILES string of the molecule is Cl.NCc1cc(C(=O)Nc2nc(C3CC3)cs2)co1. The summed E-state index contributed by atoms with van der Waals surface area (Å²) < 4.78 is 5.12. The van der Waals surface area contributed by atoms with Crippen molar-refractivity contribution < 1.29 is 9.21 Å². The molecule has 0 radical (unpaired) electrons. The van der Waals surface area contributed by atoms with Gasteiger partial charge >= 0.3 is 0 Å².